The molecule has 1 atom stereocenters. The van der Waals surface area contributed by atoms with Gasteiger partial charge in [-0.1, -0.05) is 25.4 Å². The number of hydrogen-bond acceptors (Lipinski definition) is 4. The fourth-order valence-electron chi connectivity index (χ4n) is 1.73. The van der Waals surface area contributed by atoms with E-state index in [0.29, 0.717) is 36.3 Å². The van der Waals surface area contributed by atoms with E-state index in [0.717, 1.165) is 0 Å². The lowest BCUT2D eigenvalue weighted by molar-refractivity contribution is -0.139. The van der Waals surface area contributed by atoms with E-state index in [-0.39, 0.29) is 0 Å². The third-order valence-corrected chi connectivity index (χ3v) is 2.68. The zero-order valence-electron chi connectivity index (χ0n) is 10.8. The predicted molar refractivity (Wildman–Crippen MR) is 64.4 cm³/mol. The number of aliphatic carboxylic acids is 1. The highest BCUT2D eigenvalue weighted by molar-refractivity contribution is 5.98. The molecule has 0 bridgehead atoms. The summed E-state index contributed by atoms with van der Waals surface area (Å²) in [5, 5.41) is 15.3. The summed E-state index contributed by atoms with van der Waals surface area (Å²) in [4.78, 5) is 23.0. The van der Waals surface area contributed by atoms with Gasteiger partial charge in [0, 0.05) is 0 Å². The van der Waals surface area contributed by atoms with Crippen LogP contribution in [0.15, 0.2) is 4.52 Å². The maximum absolute atomic E-state index is 12.0. The van der Waals surface area contributed by atoms with Gasteiger partial charge in [-0.15, -0.1) is 0 Å². The molecule has 0 saturated carbocycles. The van der Waals surface area contributed by atoms with E-state index in [1.165, 1.54) is 0 Å². The van der Waals surface area contributed by atoms with Crippen LogP contribution in [0.2, 0.25) is 0 Å². The molecule has 1 unspecified atom stereocenters. The summed E-state index contributed by atoms with van der Waals surface area (Å²) in [5.41, 5.74) is 0.894. The first-order valence-electron chi connectivity index (χ1n) is 6.00. The molecule has 0 aromatic carbocycles. The topological polar surface area (TPSA) is 92.4 Å². The van der Waals surface area contributed by atoms with E-state index in [4.69, 9.17) is 9.63 Å². The first kappa shape index (κ1) is 14.2. The summed E-state index contributed by atoms with van der Waals surface area (Å²) in [5.74, 6) is -1.06. The second-order valence-electron chi connectivity index (χ2n) is 4.07. The molecule has 1 aromatic heterocycles. The van der Waals surface area contributed by atoms with Gasteiger partial charge in [-0.05, 0) is 19.8 Å². The number of carbonyl (C=O) groups is 2. The van der Waals surface area contributed by atoms with E-state index in [1.54, 1.807) is 6.92 Å². The SMILES string of the molecule is CCCC(NC(=O)c1c(CC)noc1C)C(=O)O. The Bertz CT molecular complexity index is 439. The third kappa shape index (κ3) is 3.09. The highest BCUT2D eigenvalue weighted by Gasteiger charge is 2.24. The number of amides is 1. The second-order valence-corrected chi connectivity index (χ2v) is 4.07. The molecule has 18 heavy (non-hydrogen) atoms. The van der Waals surface area contributed by atoms with Crippen molar-refractivity contribution in [3.8, 4) is 0 Å². The van der Waals surface area contributed by atoms with Gasteiger partial charge in [0.05, 0.1) is 5.69 Å². The van der Waals surface area contributed by atoms with Crippen molar-refractivity contribution in [2.75, 3.05) is 0 Å². The van der Waals surface area contributed by atoms with Crippen LogP contribution >= 0.6 is 0 Å². The van der Waals surface area contributed by atoms with Gasteiger partial charge in [0.15, 0.2) is 0 Å². The third-order valence-electron chi connectivity index (χ3n) is 2.68. The summed E-state index contributed by atoms with van der Waals surface area (Å²) in [6, 6.07) is -0.874. The Balaban J connectivity index is 2.86. The lowest BCUT2D eigenvalue weighted by Gasteiger charge is -2.13. The normalized spacial score (nSPS) is 12.2. The minimum absolute atomic E-state index is 0.347. The fourth-order valence-corrected chi connectivity index (χ4v) is 1.73. The number of carbonyl (C=O) groups excluding carboxylic acids is 1. The molecule has 0 radical (unpaired) electrons. The summed E-state index contributed by atoms with van der Waals surface area (Å²) in [6.45, 7) is 5.36. The largest absolute Gasteiger partial charge is 0.480 e. The molecule has 6 nitrogen and oxygen atoms in total. The van der Waals surface area contributed by atoms with Gasteiger partial charge in [0.2, 0.25) is 0 Å². The highest BCUT2D eigenvalue weighted by atomic mass is 16.5. The minimum atomic E-state index is -1.03. The zero-order chi connectivity index (χ0) is 13.7. The van der Waals surface area contributed by atoms with E-state index in [2.05, 4.69) is 10.5 Å². The number of aromatic nitrogens is 1. The lowest BCUT2D eigenvalue weighted by atomic mass is 10.1. The van der Waals surface area contributed by atoms with Crippen LogP contribution in [0.5, 0.6) is 0 Å². The monoisotopic (exact) mass is 254 g/mol. The Morgan fingerprint density at radius 2 is 2.11 bits per heavy atom. The van der Waals surface area contributed by atoms with Gasteiger partial charge in [0.25, 0.3) is 5.91 Å². The minimum Gasteiger partial charge on any atom is -0.480 e. The van der Waals surface area contributed by atoms with Gasteiger partial charge in [-0.3, -0.25) is 4.79 Å². The van der Waals surface area contributed by atoms with Crippen LogP contribution in [-0.4, -0.2) is 28.2 Å². The summed E-state index contributed by atoms with van der Waals surface area (Å²) in [7, 11) is 0. The molecule has 100 valence electrons. The predicted octanol–water partition coefficient (Wildman–Crippen LogP) is 1.53. The lowest BCUT2D eigenvalue weighted by Crippen LogP contribution is -2.41. The maximum Gasteiger partial charge on any atom is 0.326 e. The van der Waals surface area contributed by atoms with Crippen molar-refractivity contribution >= 4 is 11.9 Å². The van der Waals surface area contributed by atoms with Crippen LogP contribution in [0, 0.1) is 6.92 Å². The Hall–Kier alpha value is -1.85. The number of carboxylic acids is 1. The van der Waals surface area contributed by atoms with E-state index >= 15 is 0 Å². The van der Waals surface area contributed by atoms with Gasteiger partial charge in [-0.2, -0.15) is 0 Å². The van der Waals surface area contributed by atoms with Gasteiger partial charge >= 0.3 is 5.97 Å². The molecule has 2 N–H and O–H groups in total. The molecule has 0 aliphatic heterocycles. The van der Waals surface area contributed by atoms with E-state index < -0.39 is 17.9 Å². The quantitative estimate of drug-likeness (QED) is 0.803. The molecule has 0 spiro atoms. The summed E-state index contributed by atoms with van der Waals surface area (Å²) >= 11 is 0. The molecule has 0 aliphatic rings. The van der Waals surface area contributed by atoms with Crippen molar-refractivity contribution in [3.63, 3.8) is 0 Å². The number of hydrogen-bond donors (Lipinski definition) is 2. The van der Waals surface area contributed by atoms with Crippen molar-refractivity contribution < 1.29 is 19.2 Å². The number of carboxylic acid groups (broad SMARTS) is 1. The average molecular weight is 254 g/mol. The molecule has 1 amide bonds. The Kier molecular flexibility index (Phi) is 4.88. The molecular weight excluding hydrogens is 236 g/mol. The smallest absolute Gasteiger partial charge is 0.326 e. The molecule has 0 fully saturated rings. The van der Waals surface area contributed by atoms with Crippen molar-refractivity contribution in [1.82, 2.24) is 10.5 Å². The van der Waals surface area contributed by atoms with Gasteiger partial charge < -0.3 is 14.9 Å². The molecule has 0 aliphatic carbocycles. The Morgan fingerprint density at radius 1 is 1.44 bits per heavy atom. The number of rotatable bonds is 6. The van der Waals surface area contributed by atoms with Crippen LogP contribution in [0.4, 0.5) is 0 Å². The molecular formula is C12H18N2O4. The maximum atomic E-state index is 12.0. The van der Waals surface area contributed by atoms with Crippen molar-refractivity contribution in [2.45, 2.75) is 46.1 Å². The van der Waals surface area contributed by atoms with E-state index in [9.17, 15) is 9.59 Å². The fraction of sp³-hybridized carbons (Fsp3) is 0.583. The van der Waals surface area contributed by atoms with Crippen LogP contribution in [-0.2, 0) is 11.2 Å². The first-order valence-corrected chi connectivity index (χ1v) is 6.00. The van der Waals surface area contributed by atoms with Crippen molar-refractivity contribution in [3.05, 3.63) is 17.0 Å². The van der Waals surface area contributed by atoms with Crippen molar-refractivity contribution in [1.29, 1.82) is 0 Å². The average Bonchev–Trinajstić information content (AvgIpc) is 2.69. The van der Waals surface area contributed by atoms with Crippen LogP contribution in [0.25, 0.3) is 0 Å². The highest BCUT2D eigenvalue weighted by Crippen LogP contribution is 2.14. The van der Waals surface area contributed by atoms with Gasteiger partial charge in [-0.25, -0.2) is 4.79 Å². The molecule has 6 heteroatoms. The van der Waals surface area contributed by atoms with Crippen LogP contribution in [0.3, 0.4) is 0 Å². The summed E-state index contributed by atoms with van der Waals surface area (Å²) in [6.07, 6.45) is 1.64. The van der Waals surface area contributed by atoms with Crippen molar-refractivity contribution in [2.24, 2.45) is 0 Å². The standard InChI is InChI=1S/C12H18N2O4/c1-4-6-9(12(16)17)13-11(15)10-7(3)18-14-8(10)5-2/h9H,4-6H2,1-3H3,(H,13,15)(H,16,17). The molecule has 1 rings (SSSR count). The molecule has 0 saturated heterocycles. The van der Waals surface area contributed by atoms with Crippen LogP contribution in [0.1, 0.15) is 48.5 Å². The summed E-state index contributed by atoms with van der Waals surface area (Å²) < 4.78 is 4.95. The number of aryl methyl sites for hydroxylation is 2. The Labute approximate surface area is 105 Å². The van der Waals surface area contributed by atoms with Crippen LogP contribution < -0.4 is 5.32 Å². The molecule has 1 aromatic rings. The van der Waals surface area contributed by atoms with Gasteiger partial charge in [0.1, 0.15) is 17.4 Å². The van der Waals surface area contributed by atoms with E-state index in [1.807, 2.05) is 13.8 Å². The number of nitrogens with one attached hydrogen (secondary N) is 1. The second kappa shape index (κ2) is 6.18. The first-order chi connectivity index (χ1) is 8.51. The number of nitrogens with zero attached hydrogens (tertiary/aromatic N) is 1. The molecule has 1 heterocycles. The zero-order valence-corrected chi connectivity index (χ0v) is 10.8. The Morgan fingerprint density at radius 3 is 2.61 bits per heavy atom.